The van der Waals surface area contributed by atoms with Gasteiger partial charge in [-0.15, -0.1) is 0 Å². The van der Waals surface area contributed by atoms with Crippen molar-refractivity contribution in [1.29, 1.82) is 5.26 Å². The molecule has 1 amide bonds. The Morgan fingerprint density at radius 1 is 1.00 bits per heavy atom. The van der Waals surface area contributed by atoms with E-state index in [4.69, 9.17) is 0 Å². The van der Waals surface area contributed by atoms with Crippen molar-refractivity contribution in [3.05, 3.63) is 72.6 Å². The molecule has 43 heavy (non-hydrogen) atoms. The fraction of sp³-hybridized carbons (Fsp3) is 0.529. The number of benzene rings is 2. The SMILES string of the molecule is C=CC(=O)N1CC(S(=O)(=O)c2ccc(N3CC(CN4CCC([C@@](C#N)(c5cccc(F)c5)C5CCCC5)CC4)C3)cc2)C1. The number of carbonyl (C=O) groups is 1. The van der Waals surface area contributed by atoms with Crippen LogP contribution in [0.1, 0.15) is 44.1 Å². The van der Waals surface area contributed by atoms with E-state index in [1.165, 1.54) is 17.0 Å². The molecule has 1 aliphatic carbocycles. The number of rotatable bonds is 9. The van der Waals surface area contributed by atoms with Crippen molar-refractivity contribution < 1.29 is 17.6 Å². The number of nitriles is 1. The minimum atomic E-state index is -3.47. The average Bonchev–Trinajstić information content (AvgIpc) is 3.51. The summed E-state index contributed by atoms with van der Waals surface area (Å²) in [4.78, 5) is 18.3. The lowest BCUT2D eigenvalue weighted by molar-refractivity contribution is -0.129. The Balaban J connectivity index is 1.01. The zero-order valence-electron chi connectivity index (χ0n) is 24.7. The van der Waals surface area contributed by atoms with E-state index in [0.29, 0.717) is 16.7 Å². The Bertz CT molecular complexity index is 1480. The molecule has 7 nitrogen and oxygen atoms in total. The van der Waals surface area contributed by atoms with Crippen molar-refractivity contribution in [2.75, 3.05) is 50.7 Å². The standard InChI is InChI=1S/C34H41FN4O3S/c1-2-33(40)39-22-32(23-39)43(41,42)31-12-10-30(11-13-31)38-20-25(21-38)19-37-16-14-27(15-17-37)34(24-36,26-6-3-4-7-26)28-8-5-9-29(35)18-28/h2,5,8-13,18,25-27,32H,1,3-4,6-7,14-17,19-23H2/t34-/m0/s1. The van der Waals surface area contributed by atoms with Crippen molar-refractivity contribution >= 4 is 21.4 Å². The second-order valence-electron chi connectivity index (χ2n) is 12.9. The predicted molar refractivity (Wildman–Crippen MR) is 165 cm³/mol. The maximum Gasteiger partial charge on any atom is 0.246 e. The van der Waals surface area contributed by atoms with Crippen LogP contribution in [0.4, 0.5) is 10.1 Å². The van der Waals surface area contributed by atoms with Gasteiger partial charge in [-0.1, -0.05) is 31.6 Å². The van der Waals surface area contributed by atoms with Gasteiger partial charge in [0.2, 0.25) is 5.91 Å². The van der Waals surface area contributed by atoms with Gasteiger partial charge in [-0.2, -0.15) is 5.26 Å². The van der Waals surface area contributed by atoms with Gasteiger partial charge in [0.05, 0.1) is 16.4 Å². The molecule has 0 aromatic heterocycles. The third kappa shape index (κ3) is 5.60. The third-order valence-corrected chi connectivity index (χ3v) is 12.6. The highest BCUT2D eigenvalue weighted by Gasteiger charge is 2.49. The highest BCUT2D eigenvalue weighted by Crippen LogP contribution is 2.50. The van der Waals surface area contributed by atoms with Gasteiger partial charge in [-0.3, -0.25) is 4.79 Å². The predicted octanol–water partition coefficient (Wildman–Crippen LogP) is 4.80. The quantitative estimate of drug-likeness (QED) is 0.383. The number of carbonyl (C=O) groups excluding carboxylic acids is 1. The summed E-state index contributed by atoms with van der Waals surface area (Å²) < 4.78 is 40.2. The summed E-state index contributed by atoms with van der Waals surface area (Å²) in [5, 5.41) is 10.1. The lowest BCUT2D eigenvalue weighted by Crippen LogP contribution is -2.56. The van der Waals surface area contributed by atoms with Gasteiger partial charge >= 0.3 is 0 Å². The first-order chi connectivity index (χ1) is 20.7. The normalized spacial score (nSPS) is 22.4. The van der Waals surface area contributed by atoms with Crippen molar-refractivity contribution in [2.45, 2.75) is 54.1 Å². The summed E-state index contributed by atoms with van der Waals surface area (Å²) in [5.74, 6) is 0.577. The summed E-state index contributed by atoms with van der Waals surface area (Å²) in [6, 6.07) is 16.7. The molecule has 2 aromatic rings. The van der Waals surface area contributed by atoms with Crippen LogP contribution in [-0.2, 0) is 20.0 Å². The summed E-state index contributed by atoms with van der Waals surface area (Å²) in [6.45, 7) is 8.67. The number of likely N-dealkylation sites (tertiary alicyclic amines) is 2. The molecule has 3 heterocycles. The number of sulfone groups is 1. The molecule has 1 saturated carbocycles. The van der Waals surface area contributed by atoms with Crippen LogP contribution in [0.5, 0.6) is 0 Å². The molecule has 0 unspecified atom stereocenters. The van der Waals surface area contributed by atoms with Gasteiger partial charge < -0.3 is 14.7 Å². The second kappa shape index (κ2) is 12.0. The van der Waals surface area contributed by atoms with Gasteiger partial charge in [-0.05, 0) is 98.6 Å². The van der Waals surface area contributed by atoms with E-state index in [1.54, 1.807) is 24.3 Å². The van der Waals surface area contributed by atoms with Crippen LogP contribution in [0.25, 0.3) is 0 Å². The van der Waals surface area contributed by atoms with Crippen LogP contribution in [0.15, 0.2) is 66.1 Å². The topological polar surface area (TPSA) is 84.7 Å². The zero-order chi connectivity index (χ0) is 30.2. The molecule has 0 radical (unpaired) electrons. The minimum Gasteiger partial charge on any atom is -0.371 e. The van der Waals surface area contributed by atoms with Crippen molar-refractivity contribution in [3.8, 4) is 6.07 Å². The van der Waals surface area contributed by atoms with Gasteiger partial charge in [-0.25, -0.2) is 12.8 Å². The molecule has 1 atom stereocenters. The molecule has 4 aliphatic rings. The molecule has 0 N–H and O–H groups in total. The second-order valence-corrected chi connectivity index (χ2v) is 15.2. The first-order valence-electron chi connectivity index (χ1n) is 15.6. The number of halogens is 1. The van der Waals surface area contributed by atoms with Crippen LogP contribution in [0.2, 0.25) is 0 Å². The third-order valence-electron chi connectivity index (χ3n) is 10.5. The van der Waals surface area contributed by atoms with Gasteiger partial charge in [0.15, 0.2) is 9.84 Å². The van der Waals surface area contributed by atoms with Gasteiger partial charge in [0.25, 0.3) is 0 Å². The van der Waals surface area contributed by atoms with E-state index in [-0.39, 0.29) is 30.7 Å². The molecular formula is C34H41FN4O3S. The number of amides is 1. The fourth-order valence-electron chi connectivity index (χ4n) is 7.99. The van der Waals surface area contributed by atoms with E-state index in [0.717, 1.165) is 82.5 Å². The number of hydrogen-bond donors (Lipinski definition) is 0. The highest BCUT2D eigenvalue weighted by molar-refractivity contribution is 7.92. The molecule has 9 heteroatoms. The molecule has 4 fully saturated rings. The van der Waals surface area contributed by atoms with E-state index >= 15 is 0 Å². The molecule has 228 valence electrons. The van der Waals surface area contributed by atoms with Crippen molar-refractivity contribution in [2.24, 2.45) is 17.8 Å². The van der Waals surface area contributed by atoms with Crippen LogP contribution in [-0.4, -0.2) is 75.2 Å². The molecule has 3 saturated heterocycles. The lowest BCUT2D eigenvalue weighted by atomic mass is 9.60. The van der Waals surface area contributed by atoms with Gasteiger partial charge in [0, 0.05) is 44.3 Å². The fourth-order valence-corrected chi connectivity index (χ4v) is 9.65. The largest absolute Gasteiger partial charge is 0.371 e. The molecule has 0 spiro atoms. The van der Waals surface area contributed by atoms with E-state index in [2.05, 4.69) is 22.4 Å². The smallest absolute Gasteiger partial charge is 0.246 e. The molecule has 3 aliphatic heterocycles. The summed E-state index contributed by atoms with van der Waals surface area (Å²) >= 11 is 0. The average molecular weight is 605 g/mol. The summed E-state index contributed by atoms with van der Waals surface area (Å²) in [7, 11) is -3.47. The number of nitrogens with zero attached hydrogens (tertiary/aromatic N) is 4. The Hall–Kier alpha value is -3.22. The maximum atomic E-state index is 14.3. The van der Waals surface area contributed by atoms with Crippen molar-refractivity contribution in [3.63, 3.8) is 0 Å². The van der Waals surface area contributed by atoms with E-state index in [1.807, 2.05) is 18.2 Å². The minimum absolute atomic E-state index is 0.211. The first kappa shape index (κ1) is 29.8. The van der Waals surface area contributed by atoms with Gasteiger partial charge in [0.1, 0.15) is 11.1 Å². The highest BCUT2D eigenvalue weighted by atomic mass is 32.2. The van der Waals surface area contributed by atoms with E-state index < -0.39 is 20.5 Å². The monoisotopic (exact) mass is 604 g/mol. The molecule has 0 bridgehead atoms. The Morgan fingerprint density at radius 2 is 1.65 bits per heavy atom. The number of anilines is 1. The Labute approximate surface area is 254 Å². The number of piperidine rings is 1. The summed E-state index contributed by atoms with van der Waals surface area (Å²) in [5.41, 5.74) is 1.28. The Kier molecular flexibility index (Phi) is 8.36. The maximum absolute atomic E-state index is 14.3. The van der Waals surface area contributed by atoms with Crippen LogP contribution in [0, 0.1) is 34.9 Å². The van der Waals surface area contributed by atoms with Crippen LogP contribution in [0.3, 0.4) is 0 Å². The van der Waals surface area contributed by atoms with Crippen LogP contribution < -0.4 is 4.90 Å². The first-order valence-corrected chi connectivity index (χ1v) is 17.2. The van der Waals surface area contributed by atoms with Crippen LogP contribution >= 0.6 is 0 Å². The Morgan fingerprint density at radius 3 is 2.26 bits per heavy atom. The molecule has 6 rings (SSSR count). The zero-order valence-corrected chi connectivity index (χ0v) is 25.5. The van der Waals surface area contributed by atoms with Crippen molar-refractivity contribution in [1.82, 2.24) is 9.80 Å². The number of hydrogen-bond acceptors (Lipinski definition) is 6. The molecule has 2 aromatic carbocycles. The molecular weight excluding hydrogens is 563 g/mol. The summed E-state index contributed by atoms with van der Waals surface area (Å²) in [6.07, 6.45) is 7.51. The lowest BCUT2D eigenvalue weighted by Gasteiger charge is -2.47. The van der Waals surface area contributed by atoms with E-state index in [9.17, 15) is 22.9 Å².